The average Bonchev–Trinajstić information content (AvgIpc) is 2.99. The molecule has 1 saturated heterocycles. The van der Waals surface area contributed by atoms with Crippen LogP contribution < -0.4 is 10.2 Å². The molecular weight excluding hydrogens is 316 g/mol. The summed E-state index contributed by atoms with van der Waals surface area (Å²) in [5, 5.41) is 13.2. The molecule has 6 nitrogen and oxygen atoms in total. The molecule has 4 rings (SSSR count). The topological polar surface area (TPSA) is 78.3 Å². The molecule has 1 aromatic heterocycles. The zero-order valence-corrected chi connectivity index (χ0v) is 15.1. The van der Waals surface area contributed by atoms with Gasteiger partial charge >= 0.3 is 0 Å². The summed E-state index contributed by atoms with van der Waals surface area (Å²) in [5.41, 5.74) is 1.23. The van der Waals surface area contributed by atoms with Crippen molar-refractivity contribution >= 4 is 17.5 Å². The molecule has 0 spiro atoms. The molecule has 1 aromatic rings. The lowest BCUT2D eigenvalue weighted by Crippen LogP contribution is -2.49. The highest BCUT2D eigenvalue weighted by atomic mass is 16.3. The number of anilines is 2. The molecule has 2 fully saturated rings. The van der Waals surface area contributed by atoms with E-state index in [0.717, 1.165) is 49.9 Å². The molecule has 2 N–H and O–H groups in total. The highest BCUT2D eigenvalue weighted by molar-refractivity contribution is 6.04. The van der Waals surface area contributed by atoms with Crippen LogP contribution in [0, 0.1) is 5.92 Å². The van der Waals surface area contributed by atoms with Crippen molar-refractivity contribution in [2.75, 3.05) is 29.9 Å². The number of hydrogen-bond donors (Lipinski definition) is 2. The van der Waals surface area contributed by atoms with Gasteiger partial charge in [-0.25, -0.2) is 4.98 Å². The number of rotatable bonds is 5. The first-order chi connectivity index (χ1) is 12.1. The predicted octanol–water partition coefficient (Wildman–Crippen LogP) is 2.56. The molecule has 0 radical (unpaired) electrons. The van der Waals surface area contributed by atoms with E-state index in [2.05, 4.69) is 17.1 Å². The number of aliphatic hydroxyl groups excluding tert-OH is 1. The predicted molar refractivity (Wildman–Crippen MR) is 97.2 cm³/mol. The first-order valence-corrected chi connectivity index (χ1v) is 9.72. The van der Waals surface area contributed by atoms with Crippen LogP contribution in [-0.2, 0) is 6.42 Å². The number of carbonyl (C=O) groups excluding carboxylic acids is 1. The van der Waals surface area contributed by atoms with Gasteiger partial charge in [0.25, 0.3) is 0 Å². The Bertz CT molecular complexity index is 658. The van der Waals surface area contributed by atoms with Gasteiger partial charge in [0.05, 0.1) is 23.4 Å². The van der Waals surface area contributed by atoms with Crippen molar-refractivity contribution in [3.8, 4) is 0 Å². The van der Waals surface area contributed by atoms with Gasteiger partial charge in [-0.05, 0) is 44.4 Å². The zero-order chi connectivity index (χ0) is 17.4. The van der Waals surface area contributed by atoms with Crippen LogP contribution in [0.1, 0.15) is 67.9 Å². The SMILES string of the molecule is CCC1CCN(c2nc3c(c(NC4(CO)CCC4)n2)C(=O)CC3)CC1. The summed E-state index contributed by atoms with van der Waals surface area (Å²) in [6.07, 6.45) is 7.77. The maximum Gasteiger partial charge on any atom is 0.227 e. The smallest absolute Gasteiger partial charge is 0.227 e. The molecule has 1 aliphatic heterocycles. The van der Waals surface area contributed by atoms with Gasteiger partial charge < -0.3 is 15.3 Å². The van der Waals surface area contributed by atoms with Crippen molar-refractivity contribution in [3.05, 3.63) is 11.3 Å². The van der Waals surface area contributed by atoms with E-state index < -0.39 is 0 Å². The van der Waals surface area contributed by atoms with E-state index in [1.165, 1.54) is 19.3 Å². The van der Waals surface area contributed by atoms with Gasteiger partial charge in [0.15, 0.2) is 5.78 Å². The summed E-state index contributed by atoms with van der Waals surface area (Å²) in [4.78, 5) is 24.1. The first kappa shape index (κ1) is 16.8. The molecule has 0 atom stereocenters. The number of aliphatic hydroxyl groups is 1. The normalized spacial score (nSPS) is 22.6. The number of nitrogens with zero attached hydrogens (tertiary/aromatic N) is 3. The summed E-state index contributed by atoms with van der Waals surface area (Å²) in [7, 11) is 0. The summed E-state index contributed by atoms with van der Waals surface area (Å²) in [6.45, 7) is 4.30. The molecule has 136 valence electrons. The van der Waals surface area contributed by atoms with Crippen molar-refractivity contribution in [2.45, 2.75) is 63.8 Å². The van der Waals surface area contributed by atoms with Crippen molar-refractivity contribution in [1.82, 2.24) is 9.97 Å². The van der Waals surface area contributed by atoms with Crippen LogP contribution in [0.15, 0.2) is 0 Å². The minimum absolute atomic E-state index is 0.0805. The lowest BCUT2D eigenvalue weighted by atomic mass is 9.77. The van der Waals surface area contributed by atoms with E-state index in [1.807, 2.05) is 0 Å². The molecule has 0 amide bonds. The number of nitrogens with one attached hydrogen (secondary N) is 1. The summed E-state index contributed by atoms with van der Waals surface area (Å²) < 4.78 is 0. The molecule has 2 heterocycles. The van der Waals surface area contributed by atoms with Gasteiger partial charge in [-0.1, -0.05) is 13.3 Å². The van der Waals surface area contributed by atoms with Gasteiger partial charge in [-0.2, -0.15) is 4.98 Å². The number of carbonyl (C=O) groups is 1. The van der Waals surface area contributed by atoms with E-state index in [-0.39, 0.29) is 17.9 Å². The van der Waals surface area contributed by atoms with Crippen molar-refractivity contribution in [3.63, 3.8) is 0 Å². The van der Waals surface area contributed by atoms with Crippen molar-refractivity contribution in [2.24, 2.45) is 5.92 Å². The van der Waals surface area contributed by atoms with Gasteiger partial charge in [0, 0.05) is 19.5 Å². The summed E-state index contributed by atoms with van der Waals surface area (Å²) >= 11 is 0. The van der Waals surface area contributed by atoms with Crippen molar-refractivity contribution < 1.29 is 9.90 Å². The van der Waals surface area contributed by atoms with Crippen LogP contribution in [-0.4, -0.2) is 46.1 Å². The summed E-state index contributed by atoms with van der Waals surface area (Å²) in [5.74, 6) is 2.32. The Hall–Kier alpha value is -1.69. The zero-order valence-electron chi connectivity index (χ0n) is 15.1. The number of Topliss-reactive ketones (excluding diaryl/α,β-unsaturated/α-hetero) is 1. The van der Waals surface area contributed by atoms with Gasteiger partial charge in [0.2, 0.25) is 5.95 Å². The Kier molecular flexibility index (Phi) is 4.40. The standard InChI is InChI=1S/C19H28N4O2/c1-2-13-6-10-23(11-7-13)18-20-14-4-5-15(25)16(14)17(21-18)22-19(12-24)8-3-9-19/h13,24H,2-12H2,1H3,(H,20,21,22). The Morgan fingerprint density at radius 1 is 1.24 bits per heavy atom. The quantitative estimate of drug-likeness (QED) is 0.855. The number of aryl methyl sites for hydroxylation is 1. The minimum atomic E-state index is -0.308. The van der Waals surface area contributed by atoms with Gasteiger partial charge in [-0.15, -0.1) is 0 Å². The second-order valence-corrected chi connectivity index (χ2v) is 7.87. The second kappa shape index (κ2) is 6.56. The Morgan fingerprint density at radius 3 is 2.60 bits per heavy atom. The van der Waals surface area contributed by atoms with E-state index in [0.29, 0.717) is 24.2 Å². The maximum absolute atomic E-state index is 12.3. The van der Waals surface area contributed by atoms with Crippen LogP contribution >= 0.6 is 0 Å². The third-order valence-corrected chi connectivity index (χ3v) is 6.31. The molecule has 25 heavy (non-hydrogen) atoms. The van der Waals surface area contributed by atoms with Gasteiger partial charge in [0.1, 0.15) is 5.82 Å². The molecule has 1 saturated carbocycles. The molecule has 0 unspecified atom stereocenters. The lowest BCUT2D eigenvalue weighted by molar-refractivity contribution is 0.0994. The largest absolute Gasteiger partial charge is 0.394 e. The van der Waals surface area contributed by atoms with Gasteiger partial charge in [-0.3, -0.25) is 4.79 Å². The molecule has 2 aliphatic carbocycles. The van der Waals surface area contributed by atoms with E-state index in [9.17, 15) is 9.90 Å². The lowest BCUT2D eigenvalue weighted by Gasteiger charge is -2.42. The Morgan fingerprint density at radius 2 is 2.00 bits per heavy atom. The van der Waals surface area contributed by atoms with E-state index in [1.54, 1.807) is 0 Å². The first-order valence-electron chi connectivity index (χ1n) is 9.72. The van der Waals surface area contributed by atoms with Crippen LogP contribution in [0.3, 0.4) is 0 Å². The van der Waals surface area contributed by atoms with Crippen LogP contribution in [0.25, 0.3) is 0 Å². The number of aromatic nitrogens is 2. The Labute approximate surface area is 149 Å². The number of hydrogen-bond acceptors (Lipinski definition) is 6. The number of piperidine rings is 1. The van der Waals surface area contributed by atoms with Crippen LogP contribution in [0.5, 0.6) is 0 Å². The van der Waals surface area contributed by atoms with E-state index in [4.69, 9.17) is 9.97 Å². The fourth-order valence-electron chi connectivity index (χ4n) is 4.28. The highest BCUT2D eigenvalue weighted by Crippen LogP contribution is 2.38. The monoisotopic (exact) mass is 344 g/mol. The average molecular weight is 344 g/mol. The second-order valence-electron chi connectivity index (χ2n) is 7.87. The molecule has 0 bridgehead atoms. The molecule has 3 aliphatic rings. The third-order valence-electron chi connectivity index (χ3n) is 6.31. The fourth-order valence-corrected chi connectivity index (χ4v) is 4.28. The van der Waals surface area contributed by atoms with E-state index >= 15 is 0 Å². The molecular formula is C19H28N4O2. The third kappa shape index (κ3) is 3.01. The summed E-state index contributed by atoms with van der Waals surface area (Å²) in [6, 6.07) is 0. The Balaban J connectivity index is 1.63. The number of ketones is 1. The maximum atomic E-state index is 12.3. The highest BCUT2D eigenvalue weighted by Gasteiger charge is 2.39. The number of fused-ring (bicyclic) bond motifs is 1. The molecule has 6 heteroatoms. The minimum Gasteiger partial charge on any atom is -0.394 e. The van der Waals surface area contributed by atoms with Crippen LogP contribution in [0.4, 0.5) is 11.8 Å². The fraction of sp³-hybridized carbons (Fsp3) is 0.737. The molecule has 0 aromatic carbocycles. The van der Waals surface area contributed by atoms with Crippen molar-refractivity contribution in [1.29, 1.82) is 0 Å². The van der Waals surface area contributed by atoms with Crippen LogP contribution in [0.2, 0.25) is 0 Å².